The number of H-pyrrole nitrogens is 1. The molecule has 0 saturated carbocycles. The number of morpholine rings is 1. The van der Waals surface area contributed by atoms with Gasteiger partial charge in [-0.15, -0.1) is 0 Å². The lowest BCUT2D eigenvalue weighted by atomic mass is 10.0. The SMILES string of the molecule is Cc1nc2cccc(NCCOCCN3CCC(N4CCOCC4)CC3)c2c(=O)[nH]1. The van der Waals surface area contributed by atoms with Crippen molar-refractivity contribution >= 4 is 16.6 Å². The molecule has 0 aliphatic carbocycles. The van der Waals surface area contributed by atoms with Crippen molar-refractivity contribution in [2.24, 2.45) is 0 Å². The minimum atomic E-state index is -0.109. The Morgan fingerprint density at radius 3 is 2.80 bits per heavy atom. The van der Waals surface area contributed by atoms with Crippen LogP contribution in [-0.4, -0.2) is 91.5 Å². The number of aromatic nitrogens is 2. The van der Waals surface area contributed by atoms with E-state index in [0.29, 0.717) is 29.9 Å². The molecule has 3 heterocycles. The van der Waals surface area contributed by atoms with Crippen LogP contribution < -0.4 is 10.9 Å². The van der Waals surface area contributed by atoms with Crippen molar-refractivity contribution < 1.29 is 9.47 Å². The number of benzene rings is 1. The summed E-state index contributed by atoms with van der Waals surface area (Å²) in [6.07, 6.45) is 2.48. The Bertz CT molecular complexity index is 873. The molecule has 0 spiro atoms. The van der Waals surface area contributed by atoms with Gasteiger partial charge in [-0.05, 0) is 45.0 Å². The molecule has 0 amide bonds. The van der Waals surface area contributed by atoms with Crippen LogP contribution in [0, 0.1) is 6.92 Å². The quantitative estimate of drug-likeness (QED) is 0.632. The van der Waals surface area contributed by atoms with Gasteiger partial charge in [-0.3, -0.25) is 9.69 Å². The molecule has 2 saturated heterocycles. The molecule has 2 fully saturated rings. The normalized spacial score (nSPS) is 19.4. The zero-order valence-electron chi connectivity index (χ0n) is 17.9. The number of rotatable bonds is 8. The van der Waals surface area contributed by atoms with E-state index in [1.807, 2.05) is 18.2 Å². The zero-order chi connectivity index (χ0) is 20.8. The van der Waals surface area contributed by atoms with E-state index < -0.39 is 0 Å². The molecule has 164 valence electrons. The smallest absolute Gasteiger partial charge is 0.260 e. The van der Waals surface area contributed by atoms with Crippen LogP contribution in [0.5, 0.6) is 0 Å². The summed E-state index contributed by atoms with van der Waals surface area (Å²) in [4.78, 5) is 24.5. The third kappa shape index (κ3) is 5.37. The first kappa shape index (κ1) is 21.2. The number of piperidine rings is 1. The Morgan fingerprint density at radius 1 is 1.20 bits per heavy atom. The molecular weight excluding hydrogens is 382 g/mol. The minimum Gasteiger partial charge on any atom is -0.382 e. The van der Waals surface area contributed by atoms with Crippen molar-refractivity contribution in [3.8, 4) is 0 Å². The summed E-state index contributed by atoms with van der Waals surface area (Å²) in [5.74, 6) is 0.627. The van der Waals surface area contributed by atoms with Gasteiger partial charge < -0.3 is 24.7 Å². The topological polar surface area (TPSA) is 82.7 Å². The number of nitrogens with one attached hydrogen (secondary N) is 2. The van der Waals surface area contributed by atoms with Crippen molar-refractivity contribution in [2.45, 2.75) is 25.8 Å². The number of fused-ring (bicyclic) bond motifs is 1. The molecule has 2 aliphatic heterocycles. The number of ether oxygens (including phenoxy) is 2. The van der Waals surface area contributed by atoms with E-state index in [9.17, 15) is 4.79 Å². The average Bonchev–Trinajstić information content (AvgIpc) is 2.77. The molecule has 2 N–H and O–H groups in total. The van der Waals surface area contributed by atoms with E-state index >= 15 is 0 Å². The first-order valence-electron chi connectivity index (χ1n) is 11.1. The highest BCUT2D eigenvalue weighted by Crippen LogP contribution is 2.18. The van der Waals surface area contributed by atoms with Crippen molar-refractivity contribution in [3.05, 3.63) is 34.4 Å². The van der Waals surface area contributed by atoms with E-state index in [-0.39, 0.29) is 5.56 Å². The maximum absolute atomic E-state index is 12.3. The number of aromatic amines is 1. The highest BCUT2D eigenvalue weighted by molar-refractivity contribution is 5.90. The predicted octanol–water partition coefficient (Wildman–Crippen LogP) is 1.46. The molecule has 8 nitrogen and oxygen atoms in total. The van der Waals surface area contributed by atoms with E-state index in [1.54, 1.807) is 6.92 Å². The van der Waals surface area contributed by atoms with Gasteiger partial charge in [0.05, 0.1) is 37.3 Å². The molecule has 0 unspecified atom stereocenters. The first-order chi connectivity index (χ1) is 14.7. The van der Waals surface area contributed by atoms with Crippen molar-refractivity contribution in [1.82, 2.24) is 19.8 Å². The Balaban J connectivity index is 1.14. The fourth-order valence-corrected chi connectivity index (χ4v) is 4.46. The summed E-state index contributed by atoms with van der Waals surface area (Å²) < 4.78 is 11.3. The lowest BCUT2D eigenvalue weighted by Crippen LogP contribution is -2.49. The van der Waals surface area contributed by atoms with E-state index in [2.05, 4.69) is 25.1 Å². The number of aryl methyl sites for hydroxylation is 1. The van der Waals surface area contributed by atoms with Gasteiger partial charge in [0.15, 0.2) is 0 Å². The number of hydrogen-bond donors (Lipinski definition) is 2. The van der Waals surface area contributed by atoms with Gasteiger partial charge in [0, 0.05) is 37.9 Å². The largest absolute Gasteiger partial charge is 0.382 e. The van der Waals surface area contributed by atoms with Crippen LogP contribution in [0.4, 0.5) is 5.69 Å². The van der Waals surface area contributed by atoms with Crippen molar-refractivity contribution in [2.75, 3.05) is 71.0 Å². The zero-order valence-corrected chi connectivity index (χ0v) is 17.9. The summed E-state index contributed by atoms with van der Waals surface area (Å²) in [6.45, 7) is 11.0. The second kappa shape index (κ2) is 10.3. The van der Waals surface area contributed by atoms with Crippen LogP contribution in [0.1, 0.15) is 18.7 Å². The molecule has 1 aromatic carbocycles. The molecule has 1 aromatic heterocycles. The van der Waals surface area contributed by atoms with Crippen LogP contribution in [0.2, 0.25) is 0 Å². The third-order valence-electron chi connectivity index (χ3n) is 6.08. The van der Waals surface area contributed by atoms with Crippen molar-refractivity contribution in [1.29, 1.82) is 0 Å². The summed E-state index contributed by atoms with van der Waals surface area (Å²) in [6, 6.07) is 6.41. The van der Waals surface area contributed by atoms with Crippen LogP contribution in [0.15, 0.2) is 23.0 Å². The van der Waals surface area contributed by atoms with Gasteiger partial charge in [0.25, 0.3) is 5.56 Å². The van der Waals surface area contributed by atoms with Crippen LogP contribution >= 0.6 is 0 Å². The summed E-state index contributed by atoms with van der Waals surface area (Å²) in [7, 11) is 0. The highest BCUT2D eigenvalue weighted by atomic mass is 16.5. The van der Waals surface area contributed by atoms with Gasteiger partial charge in [-0.25, -0.2) is 4.98 Å². The number of anilines is 1. The molecule has 0 radical (unpaired) electrons. The van der Waals surface area contributed by atoms with Gasteiger partial charge in [-0.2, -0.15) is 0 Å². The summed E-state index contributed by atoms with van der Waals surface area (Å²) in [5, 5.41) is 3.92. The monoisotopic (exact) mass is 415 g/mol. The third-order valence-corrected chi connectivity index (χ3v) is 6.08. The fourth-order valence-electron chi connectivity index (χ4n) is 4.46. The fraction of sp³-hybridized carbons (Fsp3) is 0.636. The molecule has 2 aromatic rings. The van der Waals surface area contributed by atoms with Crippen LogP contribution in [0.25, 0.3) is 10.9 Å². The maximum atomic E-state index is 12.3. The number of nitrogens with zero attached hydrogens (tertiary/aromatic N) is 3. The Morgan fingerprint density at radius 2 is 2.00 bits per heavy atom. The highest BCUT2D eigenvalue weighted by Gasteiger charge is 2.25. The molecule has 0 bridgehead atoms. The Labute approximate surface area is 177 Å². The van der Waals surface area contributed by atoms with Crippen molar-refractivity contribution in [3.63, 3.8) is 0 Å². The average molecular weight is 416 g/mol. The second-order valence-corrected chi connectivity index (χ2v) is 8.11. The van der Waals surface area contributed by atoms with Gasteiger partial charge >= 0.3 is 0 Å². The lowest BCUT2D eigenvalue weighted by molar-refractivity contribution is -0.00160. The number of likely N-dealkylation sites (tertiary alicyclic amines) is 1. The second-order valence-electron chi connectivity index (χ2n) is 8.11. The van der Waals surface area contributed by atoms with E-state index in [0.717, 1.165) is 64.3 Å². The van der Waals surface area contributed by atoms with E-state index in [1.165, 1.54) is 12.8 Å². The minimum absolute atomic E-state index is 0.109. The molecule has 4 rings (SSSR count). The molecule has 2 aliphatic rings. The van der Waals surface area contributed by atoms with Gasteiger partial charge in [-0.1, -0.05) is 6.07 Å². The summed E-state index contributed by atoms with van der Waals surface area (Å²) >= 11 is 0. The molecular formula is C22H33N5O3. The first-order valence-corrected chi connectivity index (χ1v) is 11.1. The maximum Gasteiger partial charge on any atom is 0.260 e. The van der Waals surface area contributed by atoms with Gasteiger partial charge in [0.1, 0.15) is 5.82 Å². The van der Waals surface area contributed by atoms with Crippen LogP contribution in [0.3, 0.4) is 0 Å². The predicted molar refractivity (Wildman–Crippen MR) is 118 cm³/mol. The standard InChI is InChI=1S/C22H33N5O3/c1-17-24-20-4-2-3-19(21(20)22(28)25-17)23-7-13-29-14-10-26-8-5-18(6-9-26)27-11-15-30-16-12-27/h2-4,18,23H,5-16H2,1H3,(H,24,25,28). The Kier molecular flexibility index (Phi) is 7.33. The molecule has 0 atom stereocenters. The van der Waals surface area contributed by atoms with Gasteiger partial charge in [0.2, 0.25) is 0 Å². The van der Waals surface area contributed by atoms with Crippen LogP contribution in [-0.2, 0) is 9.47 Å². The lowest BCUT2D eigenvalue weighted by Gasteiger charge is -2.40. The molecule has 30 heavy (non-hydrogen) atoms. The number of hydrogen-bond acceptors (Lipinski definition) is 7. The summed E-state index contributed by atoms with van der Waals surface area (Å²) in [5.41, 5.74) is 1.40. The molecule has 8 heteroatoms. The Hall–Kier alpha value is -2.00. The van der Waals surface area contributed by atoms with E-state index in [4.69, 9.17) is 9.47 Å².